The summed E-state index contributed by atoms with van der Waals surface area (Å²) in [5, 5.41) is 5.33. The van der Waals surface area contributed by atoms with E-state index in [-0.39, 0.29) is 31.2 Å². The van der Waals surface area contributed by atoms with Crippen molar-refractivity contribution in [3.05, 3.63) is 48.2 Å². The van der Waals surface area contributed by atoms with E-state index >= 15 is 0 Å². The van der Waals surface area contributed by atoms with Crippen molar-refractivity contribution in [2.75, 3.05) is 19.5 Å². The summed E-state index contributed by atoms with van der Waals surface area (Å²) < 4.78 is 10.2. The Balaban J connectivity index is 1.54. The molecule has 1 aliphatic rings. The van der Waals surface area contributed by atoms with Crippen LogP contribution in [0.25, 0.3) is 0 Å². The van der Waals surface area contributed by atoms with Crippen LogP contribution in [0.15, 0.2) is 42.6 Å². The Kier molecular flexibility index (Phi) is 6.28. The molecule has 1 fully saturated rings. The van der Waals surface area contributed by atoms with Gasteiger partial charge in [0.25, 0.3) is 5.91 Å². The van der Waals surface area contributed by atoms with E-state index in [0.717, 1.165) is 10.5 Å². The zero-order valence-electron chi connectivity index (χ0n) is 16.2. The molecular formula is C20H22N4O5. The predicted molar refractivity (Wildman–Crippen MR) is 105 cm³/mol. The molecule has 1 saturated heterocycles. The third kappa shape index (κ3) is 4.81. The lowest BCUT2D eigenvalue weighted by Gasteiger charge is -2.15. The SMILES string of the molecule is COc1ccc(NC(=O)CC[C@@H]2NC(=O)N(Cc3ccccc3OC)C2=O)cn1. The van der Waals surface area contributed by atoms with Gasteiger partial charge in [0.05, 0.1) is 32.6 Å². The topological polar surface area (TPSA) is 110 Å². The summed E-state index contributed by atoms with van der Waals surface area (Å²) in [6.07, 6.45) is 1.75. The van der Waals surface area contributed by atoms with Gasteiger partial charge < -0.3 is 20.1 Å². The summed E-state index contributed by atoms with van der Waals surface area (Å²) in [5.74, 6) is 0.406. The number of nitrogens with one attached hydrogen (secondary N) is 2. The first kappa shape index (κ1) is 20.1. The van der Waals surface area contributed by atoms with Gasteiger partial charge in [-0.2, -0.15) is 0 Å². The van der Waals surface area contributed by atoms with Crippen LogP contribution in [0.4, 0.5) is 10.5 Å². The molecular weight excluding hydrogens is 376 g/mol. The average Bonchev–Trinajstić information content (AvgIpc) is 3.00. The van der Waals surface area contributed by atoms with Crippen LogP contribution < -0.4 is 20.1 Å². The van der Waals surface area contributed by atoms with E-state index < -0.39 is 12.1 Å². The fourth-order valence-corrected chi connectivity index (χ4v) is 3.00. The van der Waals surface area contributed by atoms with Crippen LogP contribution in [0.5, 0.6) is 11.6 Å². The van der Waals surface area contributed by atoms with Gasteiger partial charge in [0.1, 0.15) is 11.8 Å². The number of pyridine rings is 1. The molecule has 0 spiro atoms. The molecule has 0 aliphatic carbocycles. The number of hydrogen-bond donors (Lipinski definition) is 2. The first-order valence-electron chi connectivity index (χ1n) is 9.05. The van der Waals surface area contributed by atoms with E-state index in [2.05, 4.69) is 15.6 Å². The third-order valence-corrected chi connectivity index (χ3v) is 4.52. The molecule has 1 aliphatic heterocycles. The van der Waals surface area contributed by atoms with Crippen LogP contribution in [0.1, 0.15) is 18.4 Å². The number of anilines is 1. The highest BCUT2D eigenvalue weighted by Crippen LogP contribution is 2.22. The maximum atomic E-state index is 12.6. The van der Waals surface area contributed by atoms with E-state index in [9.17, 15) is 14.4 Å². The van der Waals surface area contributed by atoms with E-state index in [1.54, 1.807) is 24.3 Å². The number of para-hydroxylation sites is 1. The zero-order chi connectivity index (χ0) is 20.8. The van der Waals surface area contributed by atoms with Crippen molar-refractivity contribution in [1.82, 2.24) is 15.2 Å². The highest BCUT2D eigenvalue weighted by atomic mass is 16.5. The van der Waals surface area contributed by atoms with Crippen LogP contribution in [-0.2, 0) is 16.1 Å². The summed E-state index contributed by atoms with van der Waals surface area (Å²) in [7, 11) is 3.04. The number of benzene rings is 1. The Morgan fingerprint density at radius 1 is 1.17 bits per heavy atom. The first-order chi connectivity index (χ1) is 14.0. The van der Waals surface area contributed by atoms with Crippen molar-refractivity contribution < 1.29 is 23.9 Å². The number of amides is 4. The standard InChI is InChI=1S/C20H22N4O5/c1-28-16-6-4-3-5-13(16)12-24-19(26)15(23-20(24)27)8-9-17(25)22-14-7-10-18(29-2)21-11-14/h3-7,10-11,15H,8-9,12H2,1-2H3,(H,22,25)(H,23,27)/t15-/m0/s1. The van der Waals surface area contributed by atoms with Gasteiger partial charge in [-0.15, -0.1) is 0 Å². The second kappa shape index (κ2) is 9.05. The van der Waals surface area contributed by atoms with Crippen LogP contribution in [-0.4, -0.2) is 48.0 Å². The maximum Gasteiger partial charge on any atom is 0.325 e. The van der Waals surface area contributed by atoms with E-state index in [0.29, 0.717) is 17.3 Å². The zero-order valence-corrected chi connectivity index (χ0v) is 16.2. The van der Waals surface area contributed by atoms with Gasteiger partial charge in [-0.1, -0.05) is 18.2 Å². The summed E-state index contributed by atoms with van der Waals surface area (Å²) in [6, 6.07) is 9.27. The number of aromatic nitrogens is 1. The molecule has 1 aromatic carbocycles. The molecule has 2 N–H and O–H groups in total. The van der Waals surface area contributed by atoms with Gasteiger partial charge in [0.2, 0.25) is 11.8 Å². The number of urea groups is 1. The van der Waals surface area contributed by atoms with E-state index in [1.807, 2.05) is 12.1 Å². The number of methoxy groups -OCH3 is 2. The number of rotatable bonds is 8. The predicted octanol–water partition coefficient (Wildman–Crippen LogP) is 1.94. The summed E-state index contributed by atoms with van der Waals surface area (Å²) in [6.45, 7) is 0.106. The molecule has 2 heterocycles. The van der Waals surface area contributed by atoms with Crippen molar-refractivity contribution in [3.63, 3.8) is 0 Å². The molecule has 9 nitrogen and oxygen atoms in total. The van der Waals surface area contributed by atoms with Gasteiger partial charge in [-0.25, -0.2) is 9.78 Å². The van der Waals surface area contributed by atoms with Gasteiger partial charge >= 0.3 is 6.03 Å². The normalized spacial score (nSPS) is 15.8. The minimum absolute atomic E-state index is 0.0746. The summed E-state index contributed by atoms with van der Waals surface area (Å²) >= 11 is 0. The second-order valence-corrected chi connectivity index (χ2v) is 6.41. The molecule has 152 valence electrons. The second-order valence-electron chi connectivity index (χ2n) is 6.41. The van der Waals surface area contributed by atoms with Crippen LogP contribution >= 0.6 is 0 Å². The number of carbonyl (C=O) groups excluding carboxylic acids is 3. The first-order valence-corrected chi connectivity index (χ1v) is 9.05. The van der Waals surface area contributed by atoms with E-state index in [4.69, 9.17) is 9.47 Å². The Hall–Kier alpha value is -3.62. The molecule has 2 aromatic rings. The molecule has 0 bridgehead atoms. The molecule has 29 heavy (non-hydrogen) atoms. The van der Waals surface area contributed by atoms with Crippen LogP contribution in [0.3, 0.4) is 0 Å². The quantitative estimate of drug-likeness (QED) is 0.658. The van der Waals surface area contributed by atoms with Crippen molar-refractivity contribution in [2.45, 2.75) is 25.4 Å². The Bertz CT molecular complexity index is 900. The molecule has 1 atom stereocenters. The Labute approximate surface area is 168 Å². The van der Waals surface area contributed by atoms with Crippen LogP contribution in [0.2, 0.25) is 0 Å². The fraction of sp³-hybridized carbons (Fsp3) is 0.300. The lowest BCUT2D eigenvalue weighted by atomic mass is 10.1. The number of ether oxygens (including phenoxy) is 2. The lowest BCUT2D eigenvalue weighted by Crippen LogP contribution is -2.31. The highest BCUT2D eigenvalue weighted by Gasteiger charge is 2.38. The molecule has 0 unspecified atom stereocenters. The van der Waals surface area contributed by atoms with Gasteiger partial charge in [0.15, 0.2) is 0 Å². The number of imide groups is 1. The summed E-state index contributed by atoms with van der Waals surface area (Å²) in [4.78, 5) is 42.1. The molecule has 4 amide bonds. The highest BCUT2D eigenvalue weighted by molar-refractivity contribution is 6.04. The fourth-order valence-electron chi connectivity index (χ4n) is 3.00. The minimum Gasteiger partial charge on any atom is -0.496 e. The van der Waals surface area contributed by atoms with Gasteiger partial charge in [-0.3, -0.25) is 14.5 Å². The number of hydrogen-bond acceptors (Lipinski definition) is 6. The average molecular weight is 398 g/mol. The minimum atomic E-state index is -0.739. The molecule has 0 radical (unpaired) electrons. The van der Waals surface area contributed by atoms with Crippen molar-refractivity contribution in [3.8, 4) is 11.6 Å². The number of nitrogens with zero attached hydrogens (tertiary/aromatic N) is 2. The monoisotopic (exact) mass is 398 g/mol. The lowest BCUT2D eigenvalue weighted by molar-refractivity contribution is -0.128. The molecule has 0 saturated carbocycles. The number of carbonyl (C=O) groups is 3. The van der Waals surface area contributed by atoms with Crippen molar-refractivity contribution in [2.24, 2.45) is 0 Å². The Morgan fingerprint density at radius 3 is 2.66 bits per heavy atom. The molecule has 9 heteroatoms. The summed E-state index contributed by atoms with van der Waals surface area (Å²) in [5.41, 5.74) is 1.25. The van der Waals surface area contributed by atoms with Gasteiger partial charge in [-0.05, 0) is 18.6 Å². The van der Waals surface area contributed by atoms with Gasteiger partial charge in [0, 0.05) is 18.1 Å². The largest absolute Gasteiger partial charge is 0.496 e. The molecule has 1 aromatic heterocycles. The van der Waals surface area contributed by atoms with Crippen molar-refractivity contribution >= 4 is 23.5 Å². The maximum absolute atomic E-state index is 12.6. The van der Waals surface area contributed by atoms with Crippen LogP contribution in [0, 0.1) is 0 Å². The van der Waals surface area contributed by atoms with Crippen molar-refractivity contribution in [1.29, 1.82) is 0 Å². The van der Waals surface area contributed by atoms with E-state index in [1.165, 1.54) is 20.4 Å². The Morgan fingerprint density at radius 2 is 1.97 bits per heavy atom. The smallest absolute Gasteiger partial charge is 0.325 e. The third-order valence-electron chi connectivity index (χ3n) is 4.52. The molecule has 3 rings (SSSR count).